The Hall–Kier alpha value is -1.82. The lowest BCUT2D eigenvalue weighted by atomic mass is 10.1. The highest BCUT2D eigenvalue weighted by atomic mass is 19.1. The lowest BCUT2D eigenvalue weighted by Gasteiger charge is -2.01. The van der Waals surface area contributed by atoms with E-state index in [2.05, 4.69) is 15.5 Å². The Labute approximate surface area is 103 Å². The second-order valence-corrected chi connectivity index (χ2v) is 3.75. The normalized spacial score (nSPS) is 10.8. The molecule has 0 amide bonds. The zero-order valence-electron chi connectivity index (χ0n) is 9.91. The molecule has 1 aromatic carbocycles. The van der Waals surface area contributed by atoms with Crippen molar-refractivity contribution in [3.8, 4) is 0 Å². The highest BCUT2D eigenvalue weighted by Crippen LogP contribution is 2.16. The highest BCUT2D eigenvalue weighted by Gasteiger charge is 2.13. The zero-order chi connectivity index (χ0) is 13.0. The number of aromatic nitrogens is 2. The minimum absolute atomic E-state index is 0.0440. The van der Waals surface area contributed by atoms with E-state index in [4.69, 9.17) is 4.42 Å². The Bertz CT molecular complexity index is 508. The van der Waals surface area contributed by atoms with Crippen molar-refractivity contribution in [2.75, 3.05) is 6.54 Å². The molecule has 2 aromatic rings. The second kappa shape index (κ2) is 5.68. The minimum Gasteiger partial charge on any atom is -0.424 e. The van der Waals surface area contributed by atoms with Crippen LogP contribution in [0.2, 0.25) is 0 Å². The van der Waals surface area contributed by atoms with Gasteiger partial charge in [0.05, 0.1) is 13.0 Å². The predicted molar refractivity (Wildman–Crippen MR) is 60.8 cm³/mol. The van der Waals surface area contributed by atoms with Gasteiger partial charge in [0, 0.05) is 5.56 Å². The summed E-state index contributed by atoms with van der Waals surface area (Å²) in [5, 5.41) is 10.6. The summed E-state index contributed by atoms with van der Waals surface area (Å²) in [4.78, 5) is 0. The first-order valence-electron chi connectivity index (χ1n) is 5.65. The number of nitrogens with one attached hydrogen (secondary N) is 1. The first-order valence-corrected chi connectivity index (χ1v) is 5.65. The quantitative estimate of drug-likeness (QED) is 0.886. The lowest BCUT2D eigenvalue weighted by Crippen LogP contribution is -2.11. The van der Waals surface area contributed by atoms with Gasteiger partial charge in [0.1, 0.15) is 11.6 Å². The van der Waals surface area contributed by atoms with Crippen molar-refractivity contribution in [1.29, 1.82) is 0 Å². The summed E-state index contributed by atoms with van der Waals surface area (Å²) < 4.78 is 32.1. The smallest absolute Gasteiger partial charge is 0.230 e. The van der Waals surface area contributed by atoms with Gasteiger partial charge in [-0.2, -0.15) is 0 Å². The summed E-state index contributed by atoms with van der Waals surface area (Å²) >= 11 is 0. The average molecular weight is 253 g/mol. The molecular weight excluding hydrogens is 240 g/mol. The van der Waals surface area contributed by atoms with E-state index in [1.54, 1.807) is 0 Å². The summed E-state index contributed by atoms with van der Waals surface area (Å²) in [6.45, 7) is 3.18. The lowest BCUT2D eigenvalue weighted by molar-refractivity contribution is 0.436. The van der Waals surface area contributed by atoms with Crippen molar-refractivity contribution in [1.82, 2.24) is 15.5 Å². The van der Waals surface area contributed by atoms with Crippen LogP contribution in [0.3, 0.4) is 0 Å². The van der Waals surface area contributed by atoms with Gasteiger partial charge >= 0.3 is 0 Å². The molecule has 1 N–H and O–H groups in total. The molecule has 4 nitrogen and oxygen atoms in total. The van der Waals surface area contributed by atoms with E-state index >= 15 is 0 Å². The number of hydrogen-bond donors (Lipinski definition) is 1. The van der Waals surface area contributed by atoms with Gasteiger partial charge in [0.2, 0.25) is 11.8 Å². The molecule has 0 atom stereocenters. The van der Waals surface area contributed by atoms with Crippen LogP contribution in [0.15, 0.2) is 22.6 Å². The zero-order valence-corrected chi connectivity index (χ0v) is 9.91. The summed E-state index contributed by atoms with van der Waals surface area (Å²) in [5.74, 6) is -0.613. The maximum atomic E-state index is 13.4. The molecule has 0 aliphatic rings. The number of hydrogen-bond acceptors (Lipinski definition) is 4. The first-order chi connectivity index (χ1) is 8.70. The van der Waals surface area contributed by atoms with E-state index < -0.39 is 11.6 Å². The van der Waals surface area contributed by atoms with Crippen LogP contribution in [0.5, 0.6) is 0 Å². The van der Waals surface area contributed by atoms with Gasteiger partial charge < -0.3 is 9.73 Å². The Balaban J connectivity index is 2.11. The van der Waals surface area contributed by atoms with Crippen LogP contribution in [-0.2, 0) is 13.0 Å². The molecule has 0 radical (unpaired) electrons. The van der Waals surface area contributed by atoms with Crippen molar-refractivity contribution in [2.24, 2.45) is 0 Å². The third-order valence-electron chi connectivity index (χ3n) is 2.42. The van der Waals surface area contributed by atoms with Gasteiger partial charge in [-0.1, -0.05) is 13.0 Å². The number of nitrogens with zero attached hydrogens (tertiary/aromatic N) is 2. The molecule has 0 fully saturated rings. The SMILES string of the molecule is CCNCc1nnc(Cc2c(F)cccc2F)o1. The largest absolute Gasteiger partial charge is 0.424 e. The fourth-order valence-corrected chi connectivity index (χ4v) is 1.52. The first kappa shape index (κ1) is 12.6. The standard InChI is InChI=1S/C12H13F2N3O/c1-2-15-7-12-17-16-11(18-12)6-8-9(13)4-3-5-10(8)14/h3-5,15H,2,6-7H2,1H3. The molecule has 6 heteroatoms. The summed E-state index contributed by atoms with van der Waals surface area (Å²) in [6.07, 6.45) is -0.0440. The molecule has 0 bridgehead atoms. The van der Waals surface area contributed by atoms with Gasteiger partial charge in [-0.15, -0.1) is 10.2 Å². The van der Waals surface area contributed by atoms with Gasteiger partial charge in [-0.3, -0.25) is 0 Å². The molecule has 0 spiro atoms. The third kappa shape index (κ3) is 2.89. The monoisotopic (exact) mass is 253 g/mol. The Morgan fingerprint density at radius 1 is 1.17 bits per heavy atom. The predicted octanol–water partition coefficient (Wildman–Crippen LogP) is 2.05. The molecule has 96 valence electrons. The summed E-state index contributed by atoms with van der Waals surface area (Å²) in [6, 6.07) is 3.72. The van der Waals surface area contributed by atoms with Crippen LogP contribution in [-0.4, -0.2) is 16.7 Å². The van der Waals surface area contributed by atoms with E-state index in [1.807, 2.05) is 6.92 Å². The molecule has 1 heterocycles. The fraction of sp³-hybridized carbons (Fsp3) is 0.333. The van der Waals surface area contributed by atoms with Crippen LogP contribution in [0.4, 0.5) is 8.78 Å². The summed E-state index contributed by atoms with van der Waals surface area (Å²) in [5.41, 5.74) is -0.0591. The fourth-order valence-electron chi connectivity index (χ4n) is 1.52. The molecule has 0 saturated heterocycles. The van der Waals surface area contributed by atoms with Gasteiger partial charge in [0.25, 0.3) is 0 Å². The van der Waals surface area contributed by atoms with Crippen LogP contribution in [0, 0.1) is 11.6 Å². The number of benzene rings is 1. The third-order valence-corrected chi connectivity index (χ3v) is 2.42. The van der Waals surface area contributed by atoms with Gasteiger partial charge in [-0.25, -0.2) is 8.78 Å². The van der Waals surface area contributed by atoms with E-state index in [-0.39, 0.29) is 17.9 Å². The minimum atomic E-state index is -0.610. The Morgan fingerprint density at radius 2 is 1.83 bits per heavy atom. The van der Waals surface area contributed by atoms with E-state index in [9.17, 15) is 8.78 Å². The van der Waals surface area contributed by atoms with Crippen molar-refractivity contribution in [3.63, 3.8) is 0 Å². The Kier molecular flexibility index (Phi) is 3.99. The number of halogens is 2. The maximum Gasteiger partial charge on any atom is 0.230 e. The molecule has 1 aromatic heterocycles. The van der Waals surface area contributed by atoms with Crippen LogP contribution < -0.4 is 5.32 Å². The maximum absolute atomic E-state index is 13.4. The van der Waals surface area contributed by atoms with Crippen molar-refractivity contribution in [2.45, 2.75) is 19.9 Å². The second-order valence-electron chi connectivity index (χ2n) is 3.75. The number of rotatable bonds is 5. The summed E-state index contributed by atoms with van der Waals surface area (Å²) in [7, 11) is 0. The average Bonchev–Trinajstić information content (AvgIpc) is 2.79. The molecule has 0 unspecified atom stereocenters. The molecular formula is C12H13F2N3O. The van der Waals surface area contributed by atoms with E-state index in [1.165, 1.54) is 18.2 Å². The molecule has 0 aliphatic heterocycles. The Morgan fingerprint density at radius 3 is 2.50 bits per heavy atom. The molecule has 0 saturated carbocycles. The topological polar surface area (TPSA) is 51.0 Å². The van der Waals surface area contributed by atoms with E-state index in [0.717, 1.165) is 6.54 Å². The van der Waals surface area contributed by atoms with E-state index in [0.29, 0.717) is 12.4 Å². The van der Waals surface area contributed by atoms with Crippen molar-refractivity contribution in [3.05, 3.63) is 47.2 Å². The van der Waals surface area contributed by atoms with Crippen LogP contribution in [0.25, 0.3) is 0 Å². The molecule has 18 heavy (non-hydrogen) atoms. The molecule has 0 aliphatic carbocycles. The molecule has 2 rings (SSSR count). The van der Waals surface area contributed by atoms with Gasteiger partial charge in [0.15, 0.2) is 0 Å². The van der Waals surface area contributed by atoms with Crippen LogP contribution >= 0.6 is 0 Å². The van der Waals surface area contributed by atoms with Crippen molar-refractivity contribution >= 4 is 0 Å². The van der Waals surface area contributed by atoms with Gasteiger partial charge in [-0.05, 0) is 18.7 Å². The highest BCUT2D eigenvalue weighted by molar-refractivity contribution is 5.22. The van der Waals surface area contributed by atoms with Crippen molar-refractivity contribution < 1.29 is 13.2 Å². The van der Waals surface area contributed by atoms with Crippen LogP contribution in [0.1, 0.15) is 24.3 Å².